The van der Waals surface area contributed by atoms with E-state index < -0.39 is 5.63 Å². The van der Waals surface area contributed by atoms with E-state index in [4.69, 9.17) is 0 Å². The maximum absolute atomic E-state index is 12.0. The molecule has 0 saturated carbocycles. The molecule has 1 saturated heterocycles. The number of hydrogen-bond donors (Lipinski definition) is 1. The molecule has 0 atom stereocenters. The highest BCUT2D eigenvalue weighted by Crippen LogP contribution is 2.05. The Morgan fingerprint density at radius 2 is 2.12 bits per heavy atom. The molecule has 0 aromatic carbocycles. The van der Waals surface area contributed by atoms with Crippen molar-refractivity contribution in [3.8, 4) is 0 Å². The third-order valence-corrected chi connectivity index (χ3v) is 2.55. The number of carbonyl (C=O) groups is 2. The van der Waals surface area contributed by atoms with Crippen molar-refractivity contribution in [3.63, 3.8) is 0 Å². The summed E-state index contributed by atoms with van der Waals surface area (Å²) < 4.78 is 4.64. The fourth-order valence-electron chi connectivity index (χ4n) is 1.63. The van der Waals surface area contributed by atoms with E-state index in [1.807, 2.05) is 0 Å². The first-order valence-corrected chi connectivity index (χ1v) is 5.31. The molecule has 0 radical (unpaired) electrons. The first kappa shape index (κ1) is 11.4. The van der Waals surface area contributed by atoms with Crippen LogP contribution in [-0.4, -0.2) is 36.3 Å². The monoisotopic (exact) mass is 236 g/mol. The molecule has 0 spiro atoms. The van der Waals surface area contributed by atoms with Gasteiger partial charge in [0.2, 0.25) is 5.91 Å². The molecule has 17 heavy (non-hydrogen) atoms. The molecular weight excluding hydrogens is 224 g/mol. The second-order valence-corrected chi connectivity index (χ2v) is 3.74. The third kappa shape index (κ3) is 2.72. The summed E-state index contributed by atoms with van der Waals surface area (Å²) in [5.41, 5.74) is -0.173. The van der Waals surface area contributed by atoms with Gasteiger partial charge in [-0.15, -0.1) is 0 Å². The summed E-state index contributed by atoms with van der Waals surface area (Å²) in [6.07, 6.45) is 1.44. The van der Waals surface area contributed by atoms with Crippen molar-refractivity contribution in [1.82, 2.24) is 10.2 Å². The first-order valence-electron chi connectivity index (χ1n) is 5.31. The summed E-state index contributed by atoms with van der Waals surface area (Å²) in [4.78, 5) is 35.5. The fourth-order valence-corrected chi connectivity index (χ4v) is 1.63. The lowest BCUT2D eigenvalue weighted by Crippen LogP contribution is -2.34. The molecule has 90 valence electrons. The van der Waals surface area contributed by atoms with E-state index in [0.717, 1.165) is 6.26 Å². The van der Waals surface area contributed by atoms with Crippen LogP contribution in [0.4, 0.5) is 0 Å². The molecule has 1 aromatic rings. The van der Waals surface area contributed by atoms with E-state index in [0.29, 0.717) is 31.6 Å². The third-order valence-electron chi connectivity index (χ3n) is 2.55. The summed E-state index contributed by atoms with van der Waals surface area (Å²) in [5.74, 6) is -0.287. The Balaban J connectivity index is 2.11. The fraction of sp³-hybridized carbons (Fsp3) is 0.364. The Kier molecular flexibility index (Phi) is 3.22. The van der Waals surface area contributed by atoms with Crippen molar-refractivity contribution in [3.05, 3.63) is 34.4 Å². The molecule has 0 aliphatic carbocycles. The van der Waals surface area contributed by atoms with Crippen LogP contribution in [0.5, 0.6) is 0 Å². The summed E-state index contributed by atoms with van der Waals surface area (Å²) in [7, 11) is 0. The van der Waals surface area contributed by atoms with Crippen molar-refractivity contribution < 1.29 is 14.0 Å². The lowest BCUT2D eigenvalue weighted by atomic mass is 10.2. The molecule has 2 amide bonds. The first-order chi connectivity index (χ1) is 8.16. The van der Waals surface area contributed by atoms with Crippen LogP contribution < -0.4 is 10.9 Å². The standard InChI is InChI=1S/C11H12N2O4/c14-9-3-5-13(6-4-12-9)11(16)8-1-2-10(15)17-7-8/h1-2,7H,3-6H2,(H,12,14). The van der Waals surface area contributed by atoms with Crippen molar-refractivity contribution in [2.24, 2.45) is 0 Å². The molecule has 6 heteroatoms. The van der Waals surface area contributed by atoms with Gasteiger partial charge in [-0.1, -0.05) is 0 Å². The molecule has 1 N–H and O–H groups in total. The van der Waals surface area contributed by atoms with E-state index in [-0.39, 0.29) is 11.8 Å². The van der Waals surface area contributed by atoms with Gasteiger partial charge in [0.15, 0.2) is 0 Å². The Labute approximate surface area is 97.2 Å². The van der Waals surface area contributed by atoms with E-state index in [1.54, 1.807) is 4.90 Å². The average molecular weight is 236 g/mol. The van der Waals surface area contributed by atoms with Gasteiger partial charge in [-0.3, -0.25) is 9.59 Å². The van der Waals surface area contributed by atoms with E-state index in [2.05, 4.69) is 9.73 Å². The molecule has 6 nitrogen and oxygen atoms in total. The van der Waals surface area contributed by atoms with Crippen LogP contribution in [0.2, 0.25) is 0 Å². The Morgan fingerprint density at radius 3 is 2.82 bits per heavy atom. The molecule has 2 rings (SSSR count). The maximum atomic E-state index is 12.0. The minimum absolute atomic E-state index is 0.0557. The zero-order valence-corrected chi connectivity index (χ0v) is 9.14. The highest BCUT2D eigenvalue weighted by molar-refractivity contribution is 5.94. The second kappa shape index (κ2) is 4.82. The highest BCUT2D eigenvalue weighted by Gasteiger charge is 2.19. The number of amides is 2. The van der Waals surface area contributed by atoms with Gasteiger partial charge in [0.25, 0.3) is 5.91 Å². The summed E-state index contributed by atoms with van der Waals surface area (Å²) in [6.45, 7) is 1.29. The van der Waals surface area contributed by atoms with Crippen LogP contribution >= 0.6 is 0 Å². The molecule has 1 aliphatic rings. The molecule has 0 unspecified atom stereocenters. The van der Waals surface area contributed by atoms with Crippen molar-refractivity contribution in [2.75, 3.05) is 19.6 Å². The molecule has 1 aromatic heterocycles. The molecular formula is C11H12N2O4. The van der Waals surface area contributed by atoms with Gasteiger partial charge < -0.3 is 14.6 Å². The zero-order valence-electron chi connectivity index (χ0n) is 9.14. The molecule has 1 aliphatic heterocycles. The van der Waals surface area contributed by atoms with Gasteiger partial charge in [0.1, 0.15) is 6.26 Å². The van der Waals surface area contributed by atoms with Crippen LogP contribution in [0.1, 0.15) is 16.8 Å². The van der Waals surface area contributed by atoms with Crippen LogP contribution in [0, 0.1) is 0 Å². The summed E-state index contributed by atoms with van der Waals surface area (Å²) in [5, 5.41) is 2.68. The van der Waals surface area contributed by atoms with Gasteiger partial charge in [-0.2, -0.15) is 0 Å². The van der Waals surface area contributed by atoms with Gasteiger partial charge in [0, 0.05) is 32.1 Å². The number of hydrogen-bond acceptors (Lipinski definition) is 4. The quantitative estimate of drug-likeness (QED) is 0.719. The number of rotatable bonds is 1. The largest absolute Gasteiger partial charge is 0.430 e. The molecule has 1 fully saturated rings. The van der Waals surface area contributed by atoms with E-state index in [1.165, 1.54) is 12.1 Å². The van der Waals surface area contributed by atoms with Crippen molar-refractivity contribution in [1.29, 1.82) is 0 Å². The van der Waals surface area contributed by atoms with Crippen molar-refractivity contribution >= 4 is 11.8 Å². The van der Waals surface area contributed by atoms with Gasteiger partial charge in [0.05, 0.1) is 5.56 Å². The number of nitrogens with one attached hydrogen (secondary N) is 1. The van der Waals surface area contributed by atoms with Crippen LogP contribution in [0.15, 0.2) is 27.6 Å². The normalized spacial score (nSPS) is 16.2. The van der Waals surface area contributed by atoms with Gasteiger partial charge >= 0.3 is 5.63 Å². The SMILES string of the molecule is O=C1CCN(C(=O)c2ccc(=O)oc2)CCN1. The van der Waals surface area contributed by atoms with Crippen LogP contribution in [0.3, 0.4) is 0 Å². The van der Waals surface area contributed by atoms with Gasteiger partial charge in [-0.25, -0.2) is 4.79 Å². The lowest BCUT2D eigenvalue weighted by molar-refractivity contribution is -0.120. The van der Waals surface area contributed by atoms with E-state index in [9.17, 15) is 14.4 Å². The van der Waals surface area contributed by atoms with Gasteiger partial charge in [-0.05, 0) is 6.07 Å². The topological polar surface area (TPSA) is 79.6 Å². The zero-order chi connectivity index (χ0) is 12.3. The number of carbonyl (C=O) groups excluding carboxylic acids is 2. The second-order valence-electron chi connectivity index (χ2n) is 3.74. The van der Waals surface area contributed by atoms with E-state index >= 15 is 0 Å². The van der Waals surface area contributed by atoms with Crippen LogP contribution in [0.25, 0.3) is 0 Å². The minimum Gasteiger partial charge on any atom is -0.430 e. The average Bonchev–Trinajstić information content (AvgIpc) is 2.54. The highest BCUT2D eigenvalue weighted by atomic mass is 16.4. The minimum atomic E-state index is -0.491. The van der Waals surface area contributed by atoms with Crippen LogP contribution in [-0.2, 0) is 4.79 Å². The Hall–Kier alpha value is -2.11. The number of nitrogens with zero attached hydrogens (tertiary/aromatic N) is 1. The Bertz CT molecular complexity index is 474. The summed E-state index contributed by atoms with van der Waals surface area (Å²) >= 11 is 0. The smallest absolute Gasteiger partial charge is 0.335 e. The maximum Gasteiger partial charge on any atom is 0.335 e. The predicted molar refractivity (Wildman–Crippen MR) is 58.5 cm³/mol. The molecule has 0 bridgehead atoms. The lowest BCUT2D eigenvalue weighted by Gasteiger charge is -2.18. The predicted octanol–water partition coefficient (Wildman–Crippen LogP) is -0.398. The van der Waals surface area contributed by atoms with Crippen molar-refractivity contribution in [2.45, 2.75) is 6.42 Å². The molecule has 2 heterocycles. The Morgan fingerprint density at radius 1 is 1.29 bits per heavy atom. The summed E-state index contributed by atoms with van der Waals surface area (Å²) in [6, 6.07) is 2.63.